The average molecular weight is 346 g/mol. The standard InChI is InChI=1S/C16H18N4O3S/c1-3-10(2)7-12(21)20(8-11-5-4-6-23-11)16-19-14-13(24-16)15(22)18-9-17-14/h4-6,9-10H,3,7-8H2,1-2H3,(H,17,18,22). The van der Waals surface area contributed by atoms with Gasteiger partial charge in [0.2, 0.25) is 5.91 Å². The number of thiazole rings is 1. The summed E-state index contributed by atoms with van der Waals surface area (Å²) < 4.78 is 5.77. The van der Waals surface area contributed by atoms with E-state index in [1.54, 1.807) is 17.2 Å². The highest BCUT2D eigenvalue weighted by Gasteiger charge is 2.23. The number of hydrogen-bond acceptors (Lipinski definition) is 6. The monoisotopic (exact) mass is 346 g/mol. The lowest BCUT2D eigenvalue weighted by Crippen LogP contribution is -2.31. The maximum absolute atomic E-state index is 12.7. The van der Waals surface area contributed by atoms with Crippen molar-refractivity contribution in [3.8, 4) is 0 Å². The van der Waals surface area contributed by atoms with Crippen LogP contribution in [0.3, 0.4) is 0 Å². The van der Waals surface area contributed by atoms with Gasteiger partial charge in [0.05, 0.1) is 19.1 Å². The second kappa shape index (κ2) is 6.96. The summed E-state index contributed by atoms with van der Waals surface area (Å²) in [4.78, 5) is 37.1. The van der Waals surface area contributed by atoms with Crippen LogP contribution in [0.15, 0.2) is 33.9 Å². The van der Waals surface area contributed by atoms with Crippen LogP contribution in [0.25, 0.3) is 10.3 Å². The zero-order valence-electron chi connectivity index (χ0n) is 13.5. The Bertz CT molecular complexity index is 884. The van der Waals surface area contributed by atoms with Gasteiger partial charge >= 0.3 is 0 Å². The molecule has 0 aliphatic rings. The number of anilines is 1. The first-order valence-electron chi connectivity index (χ1n) is 7.75. The minimum absolute atomic E-state index is 0.0452. The van der Waals surface area contributed by atoms with Crippen LogP contribution >= 0.6 is 11.3 Å². The summed E-state index contributed by atoms with van der Waals surface area (Å²) in [6.07, 6.45) is 4.21. The van der Waals surface area contributed by atoms with Gasteiger partial charge in [-0.1, -0.05) is 31.6 Å². The molecule has 0 aliphatic carbocycles. The number of rotatable bonds is 6. The lowest BCUT2D eigenvalue weighted by atomic mass is 10.0. The molecule has 24 heavy (non-hydrogen) atoms. The van der Waals surface area contributed by atoms with Crippen LogP contribution in [0.2, 0.25) is 0 Å². The molecule has 1 atom stereocenters. The van der Waals surface area contributed by atoms with E-state index in [-0.39, 0.29) is 23.9 Å². The van der Waals surface area contributed by atoms with Crippen molar-refractivity contribution in [2.24, 2.45) is 5.92 Å². The second-order valence-electron chi connectivity index (χ2n) is 5.66. The van der Waals surface area contributed by atoms with Crippen molar-refractivity contribution in [2.45, 2.75) is 33.2 Å². The third-order valence-corrected chi connectivity index (χ3v) is 4.90. The molecule has 3 heterocycles. The zero-order valence-corrected chi connectivity index (χ0v) is 14.3. The van der Waals surface area contributed by atoms with Gasteiger partial charge in [-0.05, 0) is 18.1 Å². The Balaban J connectivity index is 1.97. The molecule has 3 aromatic heterocycles. The number of H-pyrrole nitrogens is 1. The van der Waals surface area contributed by atoms with Gasteiger partial charge in [-0.25, -0.2) is 4.98 Å². The number of amides is 1. The van der Waals surface area contributed by atoms with Crippen molar-refractivity contribution in [3.63, 3.8) is 0 Å². The lowest BCUT2D eigenvalue weighted by Gasteiger charge is -2.20. The topological polar surface area (TPSA) is 92.1 Å². The molecule has 0 saturated carbocycles. The maximum Gasteiger partial charge on any atom is 0.270 e. The summed E-state index contributed by atoms with van der Waals surface area (Å²) in [6, 6.07) is 3.58. The first kappa shape index (κ1) is 16.4. The fourth-order valence-corrected chi connectivity index (χ4v) is 3.18. The van der Waals surface area contributed by atoms with Crippen molar-refractivity contribution < 1.29 is 9.21 Å². The third-order valence-electron chi connectivity index (χ3n) is 3.83. The summed E-state index contributed by atoms with van der Waals surface area (Å²) in [5, 5.41) is 0.457. The van der Waals surface area contributed by atoms with Crippen LogP contribution in [0.4, 0.5) is 5.13 Å². The number of carbonyl (C=O) groups excluding carboxylic acids is 1. The summed E-state index contributed by atoms with van der Waals surface area (Å²) in [6.45, 7) is 4.36. The molecule has 0 saturated heterocycles. The summed E-state index contributed by atoms with van der Waals surface area (Å²) >= 11 is 1.16. The number of nitrogens with zero attached hydrogens (tertiary/aromatic N) is 3. The molecule has 0 spiro atoms. The molecule has 0 fully saturated rings. The Morgan fingerprint density at radius 3 is 3.00 bits per heavy atom. The van der Waals surface area contributed by atoms with Gasteiger partial charge in [-0.2, -0.15) is 4.98 Å². The quantitative estimate of drug-likeness (QED) is 0.741. The lowest BCUT2D eigenvalue weighted by molar-refractivity contribution is -0.119. The Kier molecular flexibility index (Phi) is 4.75. The molecule has 0 aromatic carbocycles. The van der Waals surface area contributed by atoms with E-state index in [2.05, 4.69) is 21.9 Å². The largest absolute Gasteiger partial charge is 0.467 e. The highest BCUT2D eigenvalue weighted by molar-refractivity contribution is 7.22. The molecular formula is C16H18N4O3S. The normalized spacial score (nSPS) is 12.4. The summed E-state index contributed by atoms with van der Waals surface area (Å²) in [5.74, 6) is 0.886. The average Bonchev–Trinajstić information content (AvgIpc) is 3.22. The molecule has 8 heteroatoms. The van der Waals surface area contributed by atoms with Crippen LogP contribution in [-0.2, 0) is 11.3 Å². The van der Waals surface area contributed by atoms with E-state index in [1.807, 2.05) is 13.0 Å². The number of nitrogens with one attached hydrogen (secondary N) is 1. The molecule has 1 unspecified atom stereocenters. The molecule has 0 aliphatic heterocycles. The van der Waals surface area contributed by atoms with Gasteiger partial charge < -0.3 is 9.40 Å². The first-order valence-corrected chi connectivity index (χ1v) is 8.57. The highest BCUT2D eigenvalue weighted by Crippen LogP contribution is 2.28. The van der Waals surface area contributed by atoms with Gasteiger partial charge in [-0.3, -0.25) is 14.5 Å². The van der Waals surface area contributed by atoms with Crippen LogP contribution in [0.5, 0.6) is 0 Å². The molecule has 3 aromatic rings. The van der Waals surface area contributed by atoms with E-state index in [4.69, 9.17) is 4.42 Å². The molecule has 3 rings (SSSR count). The Labute approximate surface area is 142 Å². The smallest absolute Gasteiger partial charge is 0.270 e. The van der Waals surface area contributed by atoms with Crippen molar-refractivity contribution in [1.29, 1.82) is 0 Å². The zero-order chi connectivity index (χ0) is 17.1. The predicted octanol–water partition coefficient (Wildman–Crippen LogP) is 2.94. The van der Waals surface area contributed by atoms with E-state index in [0.29, 0.717) is 27.7 Å². The Hall–Kier alpha value is -2.48. The van der Waals surface area contributed by atoms with Gasteiger partial charge in [-0.15, -0.1) is 0 Å². The highest BCUT2D eigenvalue weighted by atomic mass is 32.1. The van der Waals surface area contributed by atoms with E-state index < -0.39 is 0 Å². The van der Waals surface area contributed by atoms with Crippen molar-refractivity contribution >= 4 is 32.7 Å². The van der Waals surface area contributed by atoms with Gasteiger partial charge in [0, 0.05) is 6.42 Å². The van der Waals surface area contributed by atoms with E-state index in [1.165, 1.54) is 6.33 Å². The van der Waals surface area contributed by atoms with E-state index in [0.717, 1.165) is 17.8 Å². The molecule has 1 N–H and O–H groups in total. The molecule has 1 amide bonds. The van der Waals surface area contributed by atoms with Crippen molar-refractivity contribution in [2.75, 3.05) is 4.90 Å². The number of furan rings is 1. The van der Waals surface area contributed by atoms with Gasteiger partial charge in [0.15, 0.2) is 10.8 Å². The van der Waals surface area contributed by atoms with Crippen LogP contribution in [0, 0.1) is 5.92 Å². The molecule has 0 radical (unpaired) electrons. The summed E-state index contributed by atoms with van der Waals surface area (Å²) in [5.41, 5.74) is 0.0932. The SMILES string of the molecule is CCC(C)CC(=O)N(Cc1ccco1)c1nc2nc[nH]c(=O)c2s1. The summed E-state index contributed by atoms with van der Waals surface area (Å²) in [7, 11) is 0. The Morgan fingerprint density at radius 2 is 2.33 bits per heavy atom. The number of aromatic amines is 1. The van der Waals surface area contributed by atoms with Crippen LogP contribution in [0.1, 0.15) is 32.4 Å². The van der Waals surface area contributed by atoms with Crippen molar-refractivity contribution in [1.82, 2.24) is 15.0 Å². The number of aromatic nitrogens is 3. The molecule has 126 valence electrons. The molecule has 7 nitrogen and oxygen atoms in total. The van der Waals surface area contributed by atoms with Gasteiger partial charge in [0.1, 0.15) is 10.5 Å². The predicted molar refractivity (Wildman–Crippen MR) is 92.0 cm³/mol. The number of fused-ring (bicyclic) bond motifs is 1. The number of carbonyl (C=O) groups is 1. The fraction of sp³-hybridized carbons (Fsp3) is 0.375. The third kappa shape index (κ3) is 3.38. The van der Waals surface area contributed by atoms with Crippen LogP contribution < -0.4 is 10.5 Å². The van der Waals surface area contributed by atoms with E-state index >= 15 is 0 Å². The second-order valence-corrected chi connectivity index (χ2v) is 6.64. The maximum atomic E-state index is 12.7. The Morgan fingerprint density at radius 1 is 1.50 bits per heavy atom. The van der Waals surface area contributed by atoms with E-state index in [9.17, 15) is 9.59 Å². The van der Waals surface area contributed by atoms with Crippen molar-refractivity contribution in [3.05, 3.63) is 40.8 Å². The minimum atomic E-state index is -0.254. The van der Waals surface area contributed by atoms with Gasteiger partial charge in [0.25, 0.3) is 5.56 Å². The number of hydrogen-bond donors (Lipinski definition) is 1. The fourth-order valence-electron chi connectivity index (χ4n) is 2.24. The molecule has 0 bridgehead atoms. The minimum Gasteiger partial charge on any atom is -0.467 e. The molecular weight excluding hydrogens is 328 g/mol. The van der Waals surface area contributed by atoms with Crippen LogP contribution in [-0.4, -0.2) is 20.9 Å². The first-order chi connectivity index (χ1) is 11.6.